The van der Waals surface area contributed by atoms with E-state index in [-0.39, 0.29) is 5.56 Å². The Morgan fingerprint density at radius 3 is 3.07 bits per heavy atom. The van der Waals surface area contributed by atoms with E-state index in [0.717, 1.165) is 29.7 Å². The third-order valence-corrected chi connectivity index (χ3v) is 6.51. The first-order valence-electron chi connectivity index (χ1n) is 9.89. The van der Waals surface area contributed by atoms with E-state index in [1.54, 1.807) is 19.1 Å². The highest BCUT2D eigenvalue weighted by atomic mass is 32.1. The predicted molar refractivity (Wildman–Crippen MR) is 112 cm³/mol. The van der Waals surface area contributed by atoms with Crippen molar-refractivity contribution in [2.75, 3.05) is 5.32 Å². The Morgan fingerprint density at radius 1 is 1.47 bits per heavy atom. The summed E-state index contributed by atoms with van der Waals surface area (Å²) in [5, 5.41) is 13.0. The molecule has 0 bridgehead atoms. The molecule has 1 amide bonds. The molecule has 0 saturated heterocycles. The number of amides is 1. The van der Waals surface area contributed by atoms with Gasteiger partial charge in [-0.2, -0.15) is 5.26 Å². The number of nitriles is 1. The Bertz CT molecular complexity index is 1160. The number of thiophene rings is 1. The van der Waals surface area contributed by atoms with Gasteiger partial charge in [-0.25, -0.2) is 9.78 Å². The minimum Gasteiger partial charge on any atom is -0.449 e. The van der Waals surface area contributed by atoms with E-state index in [2.05, 4.69) is 23.3 Å². The van der Waals surface area contributed by atoms with E-state index in [1.165, 1.54) is 23.8 Å². The van der Waals surface area contributed by atoms with Crippen molar-refractivity contribution in [1.29, 1.82) is 5.26 Å². The van der Waals surface area contributed by atoms with Crippen LogP contribution in [0.2, 0.25) is 0 Å². The molecule has 2 unspecified atom stereocenters. The summed E-state index contributed by atoms with van der Waals surface area (Å²) in [7, 11) is 0. The SMILES string of the molecule is CCC(OC(=O)c1ccc2ncoc2c1)C(=O)Nc1sc2c(c1C#N)CCC(C)C2. The fraction of sp³-hybridized carbons (Fsp3) is 0.364. The minimum absolute atomic E-state index is 0.281. The summed E-state index contributed by atoms with van der Waals surface area (Å²) in [5.41, 5.74) is 2.97. The molecule has 1 N–H and O–H groups in total. The summed E-state index contributed by atoms with van der Waals surface area (Å²) >= 11 is 1.45. The van der Waals surface area contributed by atoms with Gasteiger partial charge in [-0.15, -0.1) is 11.3 Å². The van der Waals surface area contributed by atoms with Crippen LogP contribution in [0.3, 0.4) is 0 Å². The number of anilines is 1. The van der Waals surface area contributed by atoms with Crippen LogP contribution in [-0.4, -0.2) is 23.0 Å². The van der Waals surface area contributed by atoms with Crippen LogP contribution in [0.15, 0.2) is 29.0 Å². The number of fused-ring (bicyclic) bond motifs is 2. The van der Waals surface area contributed by atoms with E-state index in [9.17, 15) is 14.9 Å². The van der Waals surface area contributed by atoms with Crippen molar-refractivity contribution in [1.82, 2.24) is 4.98 Å². The summed E-state index contributed by atoms with van der Waals surface area (Å²) in [5.74, 6) is -0.484. The van der Waals surface area contributed by atoms with Crippen LogP contribution in [-0.2, 0) is 22.4 Å². The number of oxazole rings is 1. The van der Waals surface area contributed by atoms with Crippen molar-refractivity contribution in [3.63, 3.8) is 0 Å². The number of hydrogen-bond acceptors (Lipinski definition) is 7. The number of aromatic nitrogens is 1. The van der Waals surface area contributed by atoms with Gasteiger partial charge < -0.3 is 14.5 Å². The molecule has 0 saturated carbocycles. The number of hydrogen-bond donors (Lipinski definition) is 1. The van der Waals surface area contributed by atoms with Gasteiger partial charge in [-0.1, -0.05) is 13.8 Å². The van der Waals surface area contributed by atoms with Crippen LogP contribution in [0.25, 0.3) is 11.1 Å². The van der Waals surface area contributed by atoms with Crippen LogP contribution in [0, 0.1) is 17.2 Å². The molecule has 0 fully saturated rings. The summed E-state index contributed by atoms with van der Waals surface area (Å²) in [6.07, 6.45) is 3.45. The summed E-state index contributed by atoms with van der Waals surface area (Å²) in [6.45, 7) is 3.96. The molecule has 3 aromatic rings. The fourth-order valence-corrected chi connectivity index (χ4v) is 5.02. The molecule has 2 aromatic heterocycles. The first-order valence-corrected chi connectivity index (χ1v) is 10.7. The van der Waals surface area contributed by atoms with Gasteiger partial charge in [0.15, 0.2) is 18.1 Å². The number of nitrogens with zero attached hydrogens (tertiary/aromatic N) is 2. The second-order valence-electron chi connectivity index (χ2n) is 7.49. The predicted octanol–water partition coefficient (Wildman–Crippen LogP) is 4.46. The second kappa shape index (κ2) is 8.28. The minimum atomic E-state index is -0.965. The molecule has 2 heterocycles. The number of rotatable bonds is 5. The number of esters is 1. The van der Waals surface area contributed by atoms with Gasteiger partial charge in [0, 0.05) is 4.88 Å². The Labute approximate surface area is 177 Å². The molecule has 30 heavy (non-hydrogen) atoms. The smallest absolute Gasteiger partial charge is 0.339 e. The van der Waals surface area contributed by atoms with Gasteiger partial charge in [-0.3, -0.25) is 4.79 Å². The van der Waals surface area contributed by atoms with Crippen LogP contribution in [0.5, 0.6) is 0 Å². The Morgan fingerprint density at radius 2 is 2.30 bits per heavy atom. The molecular weight excluding hydrogens is 402 g/mol. The Kier molecular flexibility index (Phi) is 5.55. The van der Waals surface area contributed by atoms with Crippen molar-refractivity contribution >= 4 is 39.3 Å². The van der Waals surface area contributed by atoms with E-state index in [1.807, 2.05) is 0 Å². The van der Waals surface area contributed by atoms with Gasteiger partial charge in [0.2, 0.25) is 0 Å². The van der Waals surface area contributed by atoms with Crippen LogP contribution >= 0.6 is 11.3 Å². The molecule has 8 heteroatoms. The lowest BCUT2D eigenvalue weighted by atomic mass is 9.88. The van der Waals surface area contributed by atoms with Crippen LogP contribution in [0.1, 0.15) is 53.1 Å². The first-order chi connectivity index (χ1) is 14.5. The van der Waals surface area contributed by atoms with Crippen molar-refractivity contribution in [3.05, 3.63) is 46.2 Å². The third kappa shape index (κ3) is 3.81. The zero-order valence-corrected chi connectivity index (χ0v) is 17.5. The lowest BCUT2D eigenvalue weighted by molar-refractivity contribution is -0.124. The topological polar surface area (TPSA) is 105 Å². The van der Waals surface area contributed by atoms with Crippen molar-refractivity contribution < 1.29 is 18.7 Å². The van der Waals surface area contributed by atoms with Gasteiger partial charge in [0.05, 0.1) is 11.1 Å². The Balaban J connectivity index is 1.49. The van der Waals surface area contributed by atoms with Gasteiger partial charge >= 0.3 is 5.97 Å². The fourth-order valence-electron chi connectivity index (χ4n) is 3.65. The number of ether oxygens (including phenoxy) is 1. The molecule has 0 spiro atoms. The van der Waals surface area contributed by atoms with Crippen LogP contribution < -0.4 is 5.32 Å². The molecule has 4 rings (SSSR count). The standard InChI is InChI=1S/C22H21N3O4S/c1-3-17(29-22(27)13-5-7-16-18(9-13)28-11-24-16)20(26)25-21-15(10-23)14-6-4-12(2)8-19(14)30-21/h5,7,9,11-12,17H,3-4,6,8H2,1-2H3,(H,25,26). The first kappa shape index (κ1) is 20.1. The molecular formula is C22H21N3O4S. The summed E-state index contributed by atoms with van der Waals surface area (Å²) in [6, 6.07) is 7.02. The maximum atomic E-state index is 12.8. The van der Waals surface area contributed by atoms with Gasteiger partial charge in [0.1, 0.15) is 16.6 Å². The van der Waals surface area contributed by atoms with Crippen LogP contribution in [0.4, 0.5) is 5.00 Å². The molecule has 1 aliphatic carbocycles. The normalized spacial score (nSPS) is 16.5. The van der Waals surface area contributed by atoms with E-state index >= 15 is 0 Å². The largest absolute Gasteiger partial charge is 0.449 e. The van der Waals surface area contributed by atoms with Crippen molar-refractivity contribution in [2.45, 2.75) is 45.6 Å². The number of nitrogens with one attached hydrogen (secondary N) is 1. The monoisotopic (exact) mass is 423 g/mol. The quantitative estimate of drug-likeness (QED) is 0.608. The molecule has 1 aliphatic rings. The van der Waals surface area contributed by atoms with Crippen molar-refractivity contribution in [3.8, 4) is 6.07 Å². The number of carbonyl (C=O) groups is 2. The van der Waals surface area contributed by atoms with E-state index < -0.39 is 18.0 Å². The average molecular weight is 423 g/mol. The van der Waals surface area contributed by atoms with E-state index in [0.29, 0.717) is 34.0 Å². The maximum absolute atomic E-state index is 12.8. The lowest BCUT2D eigenvalue weighted by Crippen LogP contribution is -2.32. The summed E-state index contributed by atoms with van der Waals surface area (Å²) in [4.78, 5) is 30.5. The molecule has 7 nitrogen and oxygen atoms in total. The molecule has 1 aromatic carbocycles. The number of carbonyl (C=O) groups excluding carboxylic acids is 2. The highest BCUT2D eigenvalue weighted by molar-refractivity contribution is 7.16. The third-order valence-electron chi connectivity index (χ3n) is 5.34. The van der Waals surface area contributed by atoms with Gasteiger partial charge in [-0.05, 0) is 55.4 Å². The Hall–Kier alpha value is -3.18. The molecule has 0 radical (unpaired) electrons. The second-order valence-corrected chi connectivity index (χ2v) is 8.60. The lowest BCUT2D eigenvalue weighted by Gasteiger charge is -2.17. The van der Waals surface area contributed by atoms with Gasteiger partial charge in [0.25, 0.3) is 5.91 Å². The number of benzene rings is 1. The molecule has 154 valence electrons. The molecule has 0 aliphatic heterocycles. The zero-order valence-electron chi connectivity index (χ0n) is 16.7. The average Bonchev–Trinajstić information content (AvgIpc) is 3.34. The zero-order chi connectivity index (χ0) is 21.3. The van der Waals surface area contributed by atoms with E-state index in [4.69, 9.17) is 9.15 Å². The maximum Gasteiger partial charge on any atom is 0.339 e. The highest BCUT2D eigenvalue weighted by Crippen LogP contribution is 2.39. The summed E-state index contributed by atoms with van der Waals surface area (Å²) < 4.78 is 10.7. The van der Waals surface area contributed by atoms with Crippen molar-refractivity contribution in [2.24, 2.45) is 5.92 Å². The highest BCUT2D eigenvalue weighted by Gasteiger charge is 2.28. The molecule has 2 atom stereocenters.